The van der Waals surface area contributed by atoms with Crippen LogP contribution in [0.25, 0.3) is 0 Å². The minimum atomic E-state index is -1.05. The zero-order valence-electron chi connectivity index (χ0n) is 14.1. The molecule has 0 saturated carbocycles. The highest BCUT2D eigenvalue weighted by atomic mass is 79.9. The van der Waals surface area contributed by atoms with Gasteiger partial charge in [-0.2, -0.15) is 0 Å². The molecule has 0 aliphatic carbocycles. The van der Waals surface area contributed by atoms with E-state index in [4.69, 9.17) is 9.47 Å². The number of carbonyl (C=O) groups excluding carboxylic acids is 3. The van der Waals surface area contributed by atoms with E-state index < -0.39 is 30.1 Å². The molecule has 0 saturated heterocycles. The zero-order chi connectivity index (χ0) is 18.6. The summed E-state index contributed by atoms with van der Waals surface area (Å²) >= 11 is 3.35. The molecule has 1 heterocycles. The van der Waals surface area contributed by atoms with Crippen molar-refractivity contribution < 1.29 is 23.9 Å². The number of allylic oxidation sites excluding steroid dienone is 1. The first kappa shape index (κ1) is 19.0. The third-order valence-corrected chi connectivity index (χ3v) is 4.12. The molecule has 0 fully saturated rings. The Morgan fingerprint density at radius 1 is 1.28 bits per heavy atom. The standard InChI is InChI=1S/C17H19BrN2O5/c1-4-24-15(21)10(3)25-16(22)13-9(2)19-17(23)20-14(13)11-5-7-12(18)8-6-11/h5-8,10,14H,4H2,1-3H3,(H2,19,20,23). The number of hydrogen-bond acceptors (Lipinski definition) is 5. The van der Waals surface area contributed by atoms with Gasteiger partial charge >= 0.3 is 18.0 Å². The smallest absolute Gasteiger partial charge is 0.347 e. The van der Waals surface area contributed by atoms with Crippen molar-refractivity contribution in [3.63, 3.8) is 0 Å². The van der Waals surface area contributed by atoms with Crippen molar-refractivity contribution in [3.05, 3.63) is 45.6 Å². The highest BCUT2D eigenvalue weighted by Crippen LogP contribution is 2.28. The number of esters is 2. The molecule has 1 aliphatic heterocycles. The Kier molecular flexibility index (Phi) is 6.19. The monoisotopic (exact) mass is 410 g/mol. The maximum atomic E-state index is 12.6. The number of nitrogens with one attached hydrogen (secondary N) is 2. The topological polar surface area (TPSA) is 93.7 Å². The summed E-state index contributed by atoms with van der Waals surface area (Å²) in [7, 11) is 0. The van der Waals surface area contributed by atoms with Gasteiger partial charge in [0.2, 0.25) is 0 Å². The molecule has 0 aromatic heterocycles. The van der Waals surface area contributed by atoms with Gasteiger partial charge in [-0.3, -0.25) is 0 Å². The summed E-state index contributed by atoms with van der Waals surface area (Å²) in [5.41, 5.74) is 1.32. The highest BCUT2D eigenvalue weighted by molar-refractivity contribution is 9.10. The normalized spacial score (nSPS) is 18.1. The number of carbonyl (C=O) groups is 3. The van der Waals surface area contributed by atoms with Crippen LogP contribution in [0.2, 0.25) is 0 Å². The summed E-state index contributed by atoms with van der Waals surface area (Å²) in [4.78, 5) is 36.1. The minimum Gasteiger partial charge on any atom is -0.463 e. The lowest BCUT2D eigenvalue weighted by Gasteiger charge is -2.28. The Morgan fingerprint density at radius 3 is 2.52 bits per heavy atom. The summed E-state index contributed by atoms with van der Waals surface area (Å²) in [5, 5.41) is 5.25. The highest BCUT2D eigenvalue weighted by Gasteiger charge is 2.33. The van der Waals surface area contributed by atoms with E-state index in [2.05, 4.69) is 26.6 Å². The molecule has 7 nitrogen and oxygen atoms in total. The van der Waals surface area contributed by atoms with Crippen molar-refractivity contribution in [1.82, 2.24) is 10.6 Å². The van der Waals surface area contributed by atoms with E-state index in [1.165, 1.54) is 6.92 Å². The Morgan fingerprint density at radius 2 is 1.92 bits per heavy atom. The van der Waals surface area contributed by atoms with Crippen molar-refractivity contribution in [2.75, 3.05) is 6.61 Å². The van der Waals surface area contributed by atoms with Crippen molar-refractivity contribution in [3.8, 4) is 0 Å². The SMILES string of the molecule is CCOC(=O)C(C)OC(=O)C1=C(C)NC(=O)NC1c1ccc(Br)cc1. The Hall–Kier alpha value is -2.35. The number of hydrogen-bond donors (Lipinski definition) is 2. The van der Waals surface area contributed by atoms with Crippen LogP contribution >= 0.6 is 15.9 Å². The fourth-order valence-corrected chi connectivity index (χ4v) is 2.67. The number of rotatable bonds is 5. The molecule has 2 N–H and O–H groups in total. The Bertz CT molecular complexity index is 714. The largest absolute Gasteiger partial charge is 0.463 e. The molecule has 8 heteroatoms. The number of ether oxygens (including phenoxy) is 2. The summed E-state index contributed by atoms with van der Waals surface area (Å²) in [5.74, 6) is -1.32. The Balaban J connectivity index is 2.28. The maximum absolute atomic E-state index is 12.6. The van der Waals surface area contributed by atoms with Crippen molar-refractivity contribution >= 4 is 33.9 Å². The van der Waals surface area contributed by atoms with Gasteiger partial charge in [-0.05, 0) is 38.5 Å². The maximum Gasteiger partial charge on any atom is 0.347 e. The van der Waals surface area contributed by atoms with Crippen LogP contribution in [0, 0.1) is 0 Å². The van der Waals surface area contributed by atoms with Gasteiger partial charge in [0, 0.05) is 10.2 Å². The van der Waals surface area contributed by atoms with Crippen LogP contribution in [0.5, 0.6) is 0 Å². The van der Waals surface area contributed by atoms with E-state index in [1.54, 1.807) is 26.0 Å². The third kappa shape index (κ3) is 4.60. The van der Waals surface area contributed by atoms with Crippen molar-refractivity contribution in [1.29, 1.82) is 0 Å². The molecule has 25 heavy (non-hydrogen) atoms. The van der Waals surface area contributed by atoms with Gasteiger partial charge in [-0.25, -0.2) is 14.4 Å². The summed E-state index contributed by atoms with van der Waals surface area (Å²) in [6.45, 7) is 4.91. The van der Waals surface area contributed by atoms with E-state index >= 15 is 0 Å². The molecule has 1 aromatic rings. The number of benzene rings is 1. The summed E-state index contributed by atoms with van der Waals surface area (Å²) in [6, 6.07) is 6.10. The lowest BCUT2D eigenvalue weighted by Crippen LogP contribution is -2.45. The van der Waals surface area contributed by atoms with Crippen LogP contribution in [0.15, 0.2) is 40.0 Å². The number of urea groups is 1. The van der Waals surface area contributed by atoms with Crippen LogP contribution in [0.1, 0.15) is 32.4 Å². The quantitative estimate of drug-likeness (QED) is 0.727. The Labute approximate surface area is 153 Å². The van der Waals surface area contributed by atoms with Gasteiger partial charge in [0.05, 0.1) is 18.2 Å². The lowest BCUT2D eigenvalue weighted by atomic mass is 9.95. The predicted molar refractivity (Wildman–Crippen MR) is 93.4 cm³/mol. The zero-order valence-corrected chi connectivity index (χ0v) is 15.7. The molecular weight excluding hydrogens is 392 g/mol. The van der Waals surface area contributed by atoms with E-state index in [0.717, 1.165) is 4.47 Å². The second kappa shape index (κ2) is 8.15. The van der Waals surface area contributed by atoms with E-state index in [9.17, 15) is 14.4 Å². The first-order chi connectivity index (χ1) is 11.8. The van der Waals surface area contributed by atoms with Gasteiger partial charge in [-0.15, -0.1) is 0 Å². The molecule has 2 unspecified atom stereocenters. The van der Waals surface area contributed by atoms with Gasteiger partial charge in [-0.1, -0.05) is 28.1 Å². The van der Waals surface area contributed by atoms with Crippen LogP contribution < -0.4 is 10.6 Å². The lowest BCUT2D eigenvalue weighted by molar-refractivity contribution is -0.164. The fourth-order valence-electron chi connectivity index (χ4n) is 2.40. The minimum absolute atomic E-state index is 0.196. The van der Waals surface area contributed by atoms with Crippen LogP contribution in [0.4, 0.5) is 4.79 Å². The molecular formula is C17H19BrN2O5. The molecule has 1 aliphatic rings. The molecule has 2 amide bonds. The van der Waals surface area contributed by atoms with Gasteiger partial charge in [0.15, 0.2) is 6.10 Å². The van der Waals surface area contributed by atoms with Gasteiger partial charge in [0.25, 0.3) is 0 Å². The van der Waals surface area contributed by atoms with Gasteiger partial charge < -0.3 is 20.1 Å². The van der Waals surface area contributed by atoms with Crippen LogP contribution in [-0.2, 0) is 19.1 Å². The van der Waals surface area contributed by atoms with Gasteiger partial charge in [0.1, 0.15) is 0 Å². The first-order valence-electron chi connectivity index (χ1n) is 7.74. The first-order valence-corrected chi connectivity index (χ1v) is 8.54. The molecule has 2 atom stereocenters. The molecule has 2 rings (SSSR count). The fraction of sp³-hybridized carbons (Fsp3) is 0.353. The summed E-state index contributed by atoms with van der Waals surface area (Å²) in [6.07, 6.45) is -1.05. The number of halogens is 1. The number of amides is 2. The van der Waals surface area contributed by atoms with Crippen LogP contribution in [-0.4, -0.2) is 30.7 Å². The molecule has 0 bridgehead atoms. The molecule has 1 aromatic carbocycles. The van der Waals surface area contributed by atoms with E-state index in [-0.39, 0.29) is 12.2 Å². The van der Waals surface area contributed by atoms with Crippen molar-refractivity contribution in [2.24, 2.45) is 0 Å². The molecule has 0 spiro atoms. The predicted octanol–water partition coefficient (Wildman–Crippen LogP) is 2.57. The second-order valence-corrected chi connectivity index (χ2v) is 6.34. The van der Waals surface area contributed by atoms with E-state index in [1.807, 2.05) is 12.1 Å². The second-order valence-electron chi connectivity index (χ2n) is 5.42. The molecule has 134 valence electrons. The average Bonchev–Trinajstić information content (AvgIpc) is 2.54. The average molecular weight is 411 g/mol. The third-order valence-electron chi connectivity index (χ3n) is 3.59. The summed E-state index contributed by atoms with van der Waals surface area (Å²) < 4.78 is 10.9. The molecule has 0 radical (unpaired) electrons. The van der Waals surface area contributed by atoms with Crippen LogP contribution in [0.3, 0.4) is 0 Å². The van der Waals surface area contributed by atoms with Crippen molar-refractivity contribution in [2.45, 2.75) is 32.9 Å². The van der Waals surface area contributed by atoms with E-state index in [0.29, 0.717) is 11.3 Å².